The van der Waals surface area contributed by atoms with E-state index >= 15 is 0 Å². The highest BCUT2D eigenvalue weighted by atomic mass is 16.5. The molecule has 0 unspecified atom stereocenters. The summed E-state index contributed by atoms with van der Waals surface area (Å²) in [5, 5.41) is 8.81. The predicted octanol–water partition coefficient (Wildman–Crippen LogP) is -0.187. The average Bonchev–Trinajstić information content (AvgIpc) is 1.63. The van der Waals surface area contributed by atoms with Crippen molar-refractivity contribution in [2.24, 2.45) is 0 Å². The van der Waals surface area contributed by atoms with Crippen LogP contribution >= 0.6 is 0 Å². The first kappa shape index (κ1) is 8.10. The summed E-state index contributed by atoms with van der Waals surface area (Å²) in [4.78, 5) is 20.6. The van der Waals surface area contributed by atoms with E-state index in [4.69, 9.17) is 5.21 Å². The SMILES string of the molecule is CC(=O)CC(=O)N(C)O. The van der Waals surface area contributed by atoms with Crippen LogP contribution in [0.25, 0.3) is 0 Å². The summed E-state index contributed by atoms with van der Waals surface area (Å²) in [6.45, 7) is 1.29. The Morgan fingerprint density at radius 3 is 2.11 bits per heavy atom. The van der Waals surface area contributed by atoms with Gasteiger partial charge in [0.1, 0.15) is 5.78 Å². The van der Waals surface area contributed by atoms with E-state index in [-0.39, 0.29) is 12.2 Å². The minimum atomic E-state index is -0.581. The van der Waals surface area contributed by atoms with Gasteiger partial charge < -0.3 is 0 Å². The van der Waals surface area contributed by atoms with Crippen molar-refractivity contribution in [3.63, 3.8) is 0 Å². The highest BCUT2D eigenvalue weighted by molar-refractivity contribution is 5.96. The van der Waals surface area contributed by atoms with Crippen LogP contribution in [0, 0.1) is 0 Å². The van der Waals surface area contributed by atoms with E-state index in [1.807, 2.05) is 0 Å². The molecule has 4 heteroatoms. The van der Waals surface area contributed by atoms with Crippen LogP contribution in [0.1, 0.15) is 13.3 Å². The first-order valence-corrected chi connectivity index (χ1v) is 2.49. The molecule has 0 bridgehead atoms. The number of amides is 1. The molecule has 0 saturated carbocycles. The molecule has 0 radical (unpaired) electrons. The van der Waals surface area contributed by atoms with Gasteiger partial charge >= 0.3 is 0 Å². The number of carbonyl (C=O) groups is 2. The fourth-order valence-corrected chi connectivity index (χ4v) is 0.327. The summed E-state index contributed by atoms with van der Waals surface area (Å²) in [5.41, 5.74) is 0. The second-order valence-corrected chi connectivity index (χ2v) is 1.80. The van der Waals surface area contributed by atoms with Crippen LogP contribution in [0.5, 0.6) is 0 Å². The van der Waals surface area contributed by atoms with E-state index in [0.29, 0.717) is 5.06 Å². The molecule has 0 aliphatic heterocycles. The van der Waals surface area contributed by atoms with Crippen LogP contribution in [0.15, 0.2) is 0 Å². The normalized spacial score (nSPS) is 8.78. The minimum Gasteiger partial charge on any atom is -0.299 e. The molecule has 0 aromatic carbocycles. The zero-order valence-electron chi connectivity index (χ0n) is 5.42. The molecule has 0 rings (SSSR count). The zero-order valence-corrected chi connectivity index (χ0v) is 5.42. The Balaban J connectivity index is 3.64. The molecule has 0 aromatic rings. The van der Waals surface area contributed by atoms with Crippen molar-refractivity contribution >= 4 is 11.7 Å². The fraction of sp³-hybridized carbons (Fsp3) is 0.600. The van der Waals surface area contributed by atoms with Crippen LogP contribution in [-0.2, 0) is 9.59 Å². The molecular weight excluding hydrogens is 122 g/mol. The van der Waals surface area contributed by atoms with Gasteiger partial charge in [0.2, 0.25) is 0 Å². The summed E-state index contributed by atoms with van der Waals surface area (Å²) in [6, 6.07) is 0. The topological polar surface area (TPSA) is 57.6 Å². The van der Waals surface area contributed by atoms with Gasteiger partial charge in [0.15, 0.2) is 0 Å². The molecule has 4 nitrogen and oxygen atoms in total. The van der Waals surface area contributed by atoms with Gasteiger partial charge in [-0.1, -0.05) is 0 Å². The Morgan fingerprint density at radius 2 is 2.00 bits per heavy atom. The smallest absolute Gasteiger partial charge is 0.253 e. The highest BCUT2D eigenvalue weighted by Crippen LogP contribution is 1.86. The molecule has 1 N–H and O–H groups in total. The Labute approximate surface area is 53.0 Å². The zero-order chi connectivity index (χ0) is 7.44. The number of hydrogen-bond donors (Lipinski definition) is 1. The number of hydrogen-bond acceptors (Lipinski definition) is 3. The van der Waals surface area contributed by atoms with Gasteiger partial charge in [-0.2, -0.15) is 0 Å². The molecular formula is C5H9NO3. The number of Topliss-reactive ketones (excluding diaryl/α,β-unsaturated/α-hetero) is 1. The summed E-state index contributed by atoms with van der Waals surface area (Å²) >= 11 is 0. The maximum absolute atomic E-state index is 10.4. The van der Waals surface area contributed by atoms with E-state index < -0.39 is 5.91 Å². The number of ketones is 1. The van der Waals surface area contributed by atoms with Crippen LogP contribution in [0.4, 0.5) is 0 Å². The second-order valence-electron chi connectivity index (χ2n) is 1.80. The van der Waals surface area contributed by atoms with Crippen molar-refractivity contribution in [2.45, 2.75) is 13.3 Å². The molecule has 0 aromatic heterocycles. The molecule has 0 aliphatic rings. The van der Waals surface area contributed by atoms with E-state index in [2.05, 4.69) is 0 Å². The molecule has 0 atom stereocenters. The third-order valence-electron chi connectivity index (χ3n) is 0.761. The fourth-order valence-electron chi connectivity index (χ4n) is 0.327. The molecule has 9 heavy (non-hydrogen) atoms. The van der Waals surface area contributed by atoms with Crippen molar-refractivity contribution in [1.29, 1.82) is 0 Å². The largest absolute Gasteiger partial charge is 0.299 e. The molecule has 52 valence electrons. The first-order valence-electron chi connectivity index (χ1n) is 2.49. The van der Waals surface area contributed by atoms with Gasteiger partial charge in [0, 0.05) is 7.05 Å². The summed E-state index contributed by atoms with van der Waals surface area (Å²) in [6.07, 6.45) is -0.229. The summed E-state index contributed by atoms with van der Waals surface area (Å²) < 4.78 is 0. The number of carbonyl (C=O) groups excluding carboxylic acids is 2. The summed E-state index contributed by atoms with van der Waals surface area (Å²) in [5.74, 6) is -0.830. The Bertz CT molecular complexity index is 130. The van der Waals surface area contributed by atoms with Crippen LogP contribution in [0.2, 0.25) is 0 Å². The maximum atomic E-state index is 10.4. The number of rotatable bonds is 2. The third kappa shape index (κ3) is 3.66. The summed E-state index contributed by atoms with van der Waals surface area (Å²) in [7, 11) is 1.19. The lowest BCUT2D eigenvalue weighted by Gasteiger charge is -2.04. The van der Waals surface area contributed by atoms with Crippen LogP contribution in [0.3, 0.4) is 0 Å². The van der Waals surface area contributed by atoms with Crippen LogP contribution < -0.4 is 0 Å². The van der Waals surface area contributed by atoms with Crippen molar-refractivity contribution in [1.82, 2.24) is 5.06 Å². The monoisotopic (exact) mass is 131 g/mol. The second kappa shape index (κ2) is 3.19. The van der Waals surface area contributed by atoms with Gasteiger partial charge in [0.05, 0.1) is 6.42 Å². The number of nitrogens with zero attached hydrogens (tertiary/aromatic N) is 1. The van der Waals surface area contributed by atoms with Gasteiger partial charge in [0.25, 0.3) is 5.91 Å². The lowest BCUT2D eigenvalue weighted by Crippen LogP contribution is -2.24. The van der Waals surface area contributed by atoms with Crippen molar-refractivity contribution < 1.29 is 14.8 Å². The van der Waals surface area contributed by atoms with Crippen molar-refractivity contribution in [3.8, 4) is 0 Å². The van der Waals surface area contributed by atoms with Crippen molar-refractivity contribution in [3.05, 3.63) is 0 Å². The van der Waals surface area contributed by atoms with Gasteiger partial charge in [-0.15, -0.1) is 0 Å². The molecule has 0 spiro atoms. The van der Waals surface area contributed by atoms with Gasteiger partial charge in [-0.05, 0) is 6.92 Å². The Hall–Kier alpha value is -0.900. The van der Waals surface area contributed by atoms with E-state index in [1.165, 1.54) is 14.0 Å². The van der Waals surface area contributed by atoms with E-state index in [1.54, 1.807) is 0 Å². The quantitative estimate of drug-likeness (QED) is 0.321. The van der Waals surface area contributed by atoms with E-state index in [9.17, 15) is 9.59 Å². The average molecular weight is 131 g/mol. The minimum absolute atomic E-state index is 0.229. The van der Waals surface area contributed by atoms with E-state index in [0.717, 1.165) is 0 Å². The molecule has 0 saturated heterocycles. The van der Waals surface area contributed by atoms with Crippen LogP contribution in [-0.4, -0.2) is 29.0 Å². The maximum Gasteiger partial charge on any atom is 0.253 e. The third-order valence-corrected chi connectivity index (χ3v) is 0.761. The Morgan fingerprint density at radius 1 is 1.56 bits per heavy atom. The van der Waals surface area contributed by atoms with Gasteiger partial charge in [-0.25, -0.2) is 5.06 Å². The van der Waals surface area contributed by atoms with Gasteiger partial charge in [-0.3, -0.25) is 14.8 Å². The first-order chi connectivity index (χ1) is 4.04. The molecule has 0 heterocycles. The lowest BCUT2D eigenvalue weighted by atomic mass is 10.3. The predicted molar refractivity (Wildman–Crippen MR) is 29.9 cm³/mol. The standard InChI is InChI=1S/C5H9NO3/c1-4(7)3-5(8)6(2)9/h9H,3H2,1-2H3. The number of hydroxylamine groups is 2. The van der Waals surface area contributed by atoms with Crippen molar-refractivity contribution in [2.75, 3.05) is 7.05 Å². The lowest BCUT2D eigenvalue weighted by molar-refractivity contribution is -0.160. The molecule has 1 amide bonds. The molecule has 0 fully saturated rings. The highest BCUT2D eigenvalue weighted by Gasteiger charge is 2.07. The Kier molecular flexibility index (Phi) is 2.87. The molecule has 0 aliphatic carbocycles.